The van der Waals surface area contributed by atoms with Crippen LogP contribution in [0.3, 0.4) is 0 Å². The van der Waals surface area contributed by atoms with Crippen molar-refractivity contribution in [1.82, 2.24) is 9.97 Å². The third-order valence-corrected chi connectivity index (χ3v) is 6.88. The molecule has 0 aliphatic carbocycles. The number of aromatic nitrogens is 2. The van der Waals surface area contributed by atoms with Crippen LogP contribution in [-0.2, 0) is 9.84 Å². The zero-order valence-electron chi connectivity index (χ0n) is 18.1. The molecule has 2 N–H and O–H groups in total. The van der Waals surface area contributed by atoms with Gasteiger partial charge in [0.1, 0.15) is 23.2 Å². The maximum atomic E-state index is 11.7. The standard InChI is InChI=1S/C24H22Cl2N2O4S/c1-13(2)32-19-7-5-4-6-16(19)20-17(25)12-18-22(21(20)26)28-24(27-18)23(29)14-8-10-15(11-9-14)33(3,30)31/h4-13,23,29H,1-3H3,(H,27,28). The van der Waals surface area contributed by atoms with Crippen molar-refractivity contribution in [2.45, 2.75) is 31.0 Å². The van der Waals surface area contributed by atoms with E-state index in [9.17, 15) is 13.5 Å². The van der Waals surface area contributed by atoms with Gasteiger partial charge in [-0.25, -0.2) is 13.4 Å². The Balaban J connectivity index is 1.78. The van der Waals surface area contributed by atoms with Crippen molar-refractivity contribution < 1.29 is 18.3 Å². The molecule has 0 aliphatic heterocycles. The first-order valence-corrected chi connectivity index (χ1v) is 12.8. The van der Waals surface area contributed by atoms with Gasteiger partial charge in [0.15, 0.2) is 9.84 Å². The first kappa shape index (κ1) is 23.6. The number of aromatic amines is 1. The number of hydrogen-bond acceptors (Lipinski definition) is 5. The smallest absolute Gasteiger partial charge is 0.175 e. The van der Waals surface area contributed by atoms with E-state index in [2.05, 4.69) is 9.97 Å². The molecule has 172 valence electrons. The van der Waals surface area contributed by atoms with E-state index < -0.39 is 15.9 Å². The Labute approximate surface area is 202 Å². The van der Waals surface area contributed by atoms with Gasteiger partial charge in [-0.05, 0) is 43.7 Å². The maximum Gasteiger partial charge on any atom is 0.175 e. The molecule has 4 aromatic rings. The van der Waals surface area contributed by atoms with Crippen LogP contribution in [0.1, 0.15) is 31.3 Å². The van der Waals surface area contributed by atoms with Gasteiger partial charge in [0, 0.05) is 17.4 Å². The predicted octanol–water partition coefficient (Wildman–Crippen LogP) is 5.81. The zero-order valence-corrected chi connectivity index (χ0v) is 20.5. The topological polar surface area (TPSA) is 92.3 Å². The Morgan fingerprint density at radius 3 is 2.36 bits per heavy atom. The molecule has 0 radical (unpaired) electrons. The molecule has 4 rings (SSSR count). The Bertz CT molecular complexity index is 1430. The number of nitrogens with zero attached hydrogens (tertiary/aromatic N) is 1. The van der Waals surface area contributed by atoms with Gasteiger partial charge in [-0.15, -0.1) is 0 Å². The second-order valence-electron chi connectivity index (χ2n) is 7.97. The fourth-order valence-corrected chi connectivity index (χ4v) is 4.89. The molecule has 1 atom stereocenters. The summed E-state index contributed by atoms with van der Waals surface area (Å²) in [6.45, 7) is 3.88. The lowest BCUT2D eigenvalue weighted by Gasteiger charge is -2.16. The molecule has 0 spiro atoms. The minimum Gasteiger partial charge on any atom is -0.490 e. The van der Waals surface area contributed by atoms with Crippen molar-refractivity contribution in [3.8, 4) is 16.9 Å². The number of ether oxygens (including phenoxy) is 1. The summed E-state index contributed by atoms with van der Waals surface area (Å²) in [4.78, 5) is 7.76. The fourth-order valence-electron chi connectivity index (χ4n) is 3.56. The van der Waals surface area contributed by atoms with Gasteiger partial charge in [0.2, 0.25) is 0 Å². The summed E-state index contributed by atoms with van der Waals surface area (Å²) in [5.41, 5.74) is 2.84. The third kappa shape index (κ3) is 4.73. The first-order valence-electron chi connectivity index (χ1n) is 10.2. The molecular formula is C24H22Cl2N2O4S. The average Bonchev–Trinajstić information content (AvgIpc) is 3.18. The average molecular weight is 505 g/mol. The van der Waals surface area contributed by atoms with Crippen LogP contribution in [0.25, 0.3) is 22.2 Å². The van der Waals surface area contributed by atoms with Crippen LogP contribution in [0.4, 0.5) is 0 Å². The summed E-state index contributed by atoms with van der Waals surface area (Å²) < 4.78 is 29.3. The van der Waals surface area contributed by atoms with E-state index >= 15 is 0 Å². The minimum absolute atomic E-state index is 0.0337. The van der Waals surface area contributed by atoms with Crippen LogP contribution in [0, 0.1) is 0 Å². The zero-order chi connectivity index (χ0) is 23.9. The van der Waals surface area contributed by atoms with E-state index in [1.807, 2.05) is 38.1 Å². The van der Waals surface area contributed by atoms with Crippen LogP contribution in [-0.4, -0.2) is 35.9 Å². The number of fused-ring (bicyclic) bond motifs is 1. The SMILES string of the molecule is CC(C)Oc1ccccc1-c1c(Cl)cc2[nH]c(C(O)c3ccc(S(C)(=O)=O)cc3)nc2c1Cl. The monoisotopic (exact) mass is 504 g/mol. The van der Waals surface area contributed by atoms with E-state index in [0.29, 0.717) is 38.0 Å². The molecule has 9 heteroatoms. The van der Waals surface area contributed by atoms with Crippen LogP contribution < -0.4 is 4.74 Å². The number of halogens is 2. The molecule has 0 fully saturated rings. The molecule has 6 nitrogen and oxygen atoms in total. The number of sulfone groups is 1. The molecule has 0 bridgehead atoms. The van der Waals surface area contributed by atoms with Crippen LogP contribution in [0.5, 0.6) is 5.75 Å². The largest absolute Gasteiger partial charge is 0.490 e. The third-order valence-electron chi connectivity index (χ3n) is 5.09. The lowest BCUT2D eigenvalue weighted by Crippen LogP contribution is -2.06. The second kappa shape index (κ2) is 8.99. The summed E-state index contributed by atoms with van der Waals surface area (Å²) in [7, 11) is -3.33. The number of rotatable bonds is 6. The van der Waals surface area contributed by atoms with Crippen molar-refractivity contribution in [1.29, 1.82) is 0 Å². The first-order chi connectivity index (χ1) is 15.6. The second-order valence-corrected chi connectivity index (χ2v) is 10.8. The normalized spacial score (nSPS) is 12.9. The Kier molecular flexibility index (Phi) is 6.42. The van der Waals surface area contributed by atoms with Crippen molar-refractivity contribution in [3.05, 3.63) is 76.0 Å². The summed E-state index contributed by atoms with van der Waals surface area (Å²) in [5, 5.41) is 11.6. The number of aliphatic hydroxyl groups is 1. The van der Waals surface area contributed by atoms with Crippen molar-refractivity contribution in [2.24, 2.45) is 0 Å². The van der Waals surface area contributed by atoms with Crippen molar-refractivity contribution >= 4 is 44.1 Å². The number of benzene rings is 3. The van der Waals surface area contributed by atoms with E-state index in [-0.39, 0.29) is 16.8 Å². The number of nitrogens with one attached hydrogen (secondary N) is 1. The molecular weight excluding hydrogens is 483 g/mol. The van der Waals surface area contributed by atoms with Gasteiger partial charge in [0.25, 0.3) is 0 Å². The minimum atomic E-state index is -3.33. The number of aliphatic hydroxyl groups excluding tert-OH is 1. The highest BCUT2D eigenvalue weighted by atomic mass is 35.5. The van der Waals surface area contributed by atoms with E-state index in [1.54, 1.807) is 18.2 Å². The molecule has 0 aliphatic rings. The lowest BCUT2D eigenvalue weighted by atomic mass is 10.0. The van der Waals surface area contributed by atoms with E-state index in [4.69, 9.17) is 27.9 Å². The molecule has 0 saturated heterocycles. The van der Waals surface area contributed by atoms with Gasteiger partial charge < -0.3 is 14.8 Å². The molecule has 1 heterocycles. The molecule has 0 saturated carbocycles. The summed E-state index contributed by atoms with van der Waals surface area (Å²) in [6.07, 6.45) is -0.0136. The summed E-state index contributed by atoms with van der Waals surface area (Å²) >= 11 is 13.4. The van der Waals surface area contributed by atoms with Gasteiger partial charge >= 0.3 is 0 Å². The van der Waals surface area contributed by atoms with Gasteiger partial charge in [0.05, 0.1) is 26.6 Å². The van der Waals surface area contributed by atoms with Crippen LogP contribution >= 0.6 is 23.2 Å². The van der Waals surface area contributed by atoms with Crippen molar-refractivity contribution in [3.63, 3.8) is 0 Å². The number of hydrogen-bond donors (Lipinski definition) is 2. The highest BCUT2D eigenvalue weighted by Gasteiger charge is 2.22. The van der Waals surface area contributed by atoms with E-state index in [1.165, 1.54) is 12.1 Å². The van der Waals surface area contributed by atoms with Crippen LogP contribution in [0.15, 0.2) is 59.5 Å². The Hall–Kier alpha value is -2.58. The quantitative estimate of drug-likeness (QED) is 0.345. The van der Waals surface area contributed by atoms with Gasteiger partial charge in [-0.1, -0.05) is 53.5 Å². The Morgan fingerprint density at radius 1 is 1.06 bits per heavy atom. The number of H-pyrrole nitrogens is 1. The maximum absolute atomic E-state index is 11.7. The van der Waals surface area contributed by atoms with E-state index in [0.717, 1.165) is 11.8 Å². The molecule has 0 amide bonds. The summed E-state index contributed by atoms with van der Waals surface area (Å²) in [5.74, 6) is 0.913. The molecule has 1 unspecified atom stereocenters. The fraction of sp³-hybridized carbons (Fsp3) is 0.208. The Morgan fingerprint density at radius 2 is 1.73 bits per heavy atom. The number of para-hydroxylation sites is 1. The van der Waals surface area contributed by atoms with Gasteiger partial charge in [-0.2, -0.15) is 0 Å². The van der Waals surface area contributed by atoms with Crippen LogP contribution in [0.2, 0.25) is 10.0 Å². The molecule has 1 aromatic heterocycles. The predicted molar refractivity (Wildman–Crippen MR) is 131 cm³/mol. The molecule has 3 aromatic carbocycles. The summed E-state index contributed by atoms with van der Waals surface area (Å²) in [6, 6.07) is 15.2. The van der Waals surface area contributed by atoms with Gasteiger partial charge in [-0.3, -0.25) is 0 Å². The highest BCUT2D eigenvalue weighted by molar-refractivity contribution is 7.90. The lowest BCUT2D eigenvalue weighted by molar-refractivity contribution is 0.211. The number of imidazole rings is 1. The van der Waals surface area contributed by atoms with Crippen molar-refractivity contribution in [2.75, 3.05) is 6.26 Å². The highest BCUT2D eigenvalue weighted by Crippen LogP contribution is 2.43. The molecule has 33 heavy (non-hydrogen) atoms.